The molecule has 0 unspecified atom stereocenters. The maximum Gasteiger partial charge on any atom is 0.0696 e. The Hall–Kier alpha value is -0.500. The quantitative estimate of drug-likeness (QED) is 0.0528. The fraction of sp³-hybridized carbons (Fsp3) is 0.944. The predicted octanol–water partition coefficient (Wildman–Crippen LogP) is 9.20. The Morgan fingerprint density at radius 1 is 0.381 bits per heavy atom. The van der Waals surface area contributed by atoms with E-state index in [0.717, 1.165) is 57.7 Å². The summed E-state index contributed by atoms with van der Waals surface area (Å²) in [4.78, 5) is 0. The van der Waals surface area contributed by atoms with Crippen LogP contribution in [0, 0.1) is 11.8 Å². The van der Waals surface area contributed by atoms with E-state index in [2.05, 4.69) is 34.3 Å². The third kappa shape index (κ3) is 30.9. The maximum absolute atomic E-state index is 6.04. The molecule has 0 saturated heterocycles. The van der Waals surface area contributed by atoms with Gasteiger partial charge in [0.05, 0.1) is 52.9 Å². The highest BCUT2D eigenvalue weighted by Crippen LogP contribution is 2.09. The minimum Gasteiger partial charge on any atom is -0.381 e. The van der Waals surface area contributed by atoms with Gasteiger partial charge in [-0.2, -0.15) is 0 Å². The van der Waals surface area contributed by atoms with Crippen LogP contribution in [0.25, 0.3) is 0 Å². The first-order chi connectivity index (χ1) is 20.7. The lowest BCUT2D eigenvalue weighted by Gasteiger charge is -2.19. The van der Waals surface area contributed by atoms with Crippen molar-refractivity contribution in [2.75, 3.05) is 79.3 Å². The molecule has 6 nitrogen and oxygen atoms in total. The van der Waals surface area contributed by atoms with Gasteiger partial charge in [0.1, 0.15) is 0 Å². The van der Waals surface area contributed by atoms with Gasteiger partial charge in [-0.1, -0.05) is 111 Å². The van der Waals surface area contributed by atoms with Crippen LogP contribution in [0.3, 0.4) is 0 Å². The van der Waals surface area contributed by atoms with Crippen molar-refractivity contribution in [1.29, 1.82) is 0 Å². The zero-order valence-electron chi connectivity index (χ0n) is 28.6. The Bertz CT molecular complexity index is 453. The van der Waals surface area contributed by atoms with Crippen LogP contribution in [0.4, 0.5) is 0 Å². The summed E-state index contributed by atoms with van der Waals surface area (Å²) in [7, 11) is 0. The van der Waals surface area contributed by atoms with Crippen LogP contribution in [0.2, 0.25) is 0 Å². The maximum atomic E-state index is 6.04. The van der Waals surface area contributed by atoms with E-state index in [-0.39, 0.29) is 11.8 Å². The topological polar surface area (TPSA) is 55.4 Å². The molecule has 0 aliphatic heterocycles. The Labute approximate surface area is 262 Å². The van der Waals surface area contributed by atoms with Crippen molar-refractivity contribution in [1.82, 2.24) is 0 Å². The van der Waals surface area contributed by atoms with Gasteiger partial charge in [0.15, 0.2) is 0 Å². The van der Waals surface area contributed by atoms with Gasteiger partial charge in [0.2, 0.25) is 0 Å². The fourth-order valence-electron chi connectivity index (χ4n) is 4.59. The summed E-state index contributed by atoms with van der Waals surface area (Å²) in [5.41, 5.74) is 0.953. The summed E-state index contributed by atoms with van der Waals surface area (Å²) in [5, 5.41) is 0. The van der Waals surface area contributed by atoms with Crippen molar-refractivity contribution in [3.63, 3.8) is 0 Å². The molecule has 0 aromatic rings. The van der Waals surface area contributed by atoms with Gasteiger partial charge in [-0.05, 0) is 31.3 Å². The van der Waals surface area contributed by atoms with E-state index >= 15 is 0 Å². The molecule has 42 heavy (non-hydrogen) atoms. The first-order valence-electron chi connectivity index (χ1n) is 17.8. The smallest absolute Gasteiger partial charge is 0.0696 e. The second-order valence-electron chi connectivity index (χ2n) is 12.1. The summed E-state index contributed by atoms with van der Waals surface area (Å²) in [6.07, 6.45) is 19.6. The van der Waals surface area contributed by atoms with Gasteiger partial charge in [0.25, 0.3) is 0 Å². The molecule has 0 rings (SSSR count). The molecule has 0 bridgehead atoms. The fourth-order valence-corrected chi connectivity index (χ4v) is 4.59. The summed E-state index contributed by atoms with van der Waals surface area (Å²) in [6, 6.07) is 0. The van der Waals surface area contributed by atoms with E-state index in [1.165, 1.54) is 77.0 Å². The summed E-state index contributed by atoms with van der Waals surface area (Å²) in [6.45, 7) is 21.4. The number of hydrogen-bond donors (Lipinski definition) is 0. The van der Waals surface area contributed by atoms with Crippen LogP contribution in [0.15, 0.2) is 12.2 Å². The molecular formula is C36H72O6. The minimum absolute atomic E-state index is 0.240. The van der Waals surface area contributed by atoms with Crippen molar-refractivity contribution >= 4 is 0 Å². The van der Waals surface area contributed by atoms with E-state index in [4.69, 9.17) is 28.4 Å². The highest BCUT2D eigenvalue weighted by molar-refractivity contribution is 4.94. The average Bonchev–Trinajstić information content (AvgIpc) is 2.99. The standard InChI is InChI=1S/C36H72O6/c1-6-10-14-18-22-37-28-35(29-38-23-19-15-11-7-2)32-41-26-34(5)27-42-33-36(30-39-24-20-16-12-8-3)31-40-25-21-17-13-9-4/h35-36H,5-33H2,1-4H3. The summed E-state index contributed by atoms with van der Waals surface area (Å²) >= 11 is 0. The molecule has 0 fully saturated rings. The predicted molar refractivity (Wildman–Crippen MR) is 178 cm³/mol. The van der Waals surface area contributed by atoms with Crippen molar-refractivity contribution in [2.45, 2.75) is 130 Å². The van der Waals surface area contributed by atoms with Gasteiger partial charge in [0, 0.05) is 38.3 Å². The molecule has 0 heterocycles. The Balaban J connectivity index is 4.35. The molecule has 0 aromatic heterocycles. The second kappa shape index (κ2) is 35.0. The van der Waals surface area contributed by atoms with Crippen LogP contribution in [0.1, 0.15) is 130 Å². The van der Waals surface area contributed by atoms with E-state index in [0.29, 0.717) is 52.9 Å². The summed E-state index contributed by atoms with van der Waals surface area (Å²) < 4.78 is 36.0. The van der Waals surface area contributed by atoms with Crippen LogP contribution in [0.5, 0.6) is 0 Å². The van der Waals surface area contributed by atoms with Gasteiger partial charge in [-0.15, -0.1) is 0 Å². The van der Waals surface area contributed by atoms with Crippen LogP contribution < -0.4 is 0 Å². The minimum atomic E-state index is 0.240. The van der Waals surface area contributed by atoms with Crippen LogP contribution in [-0.4, -0.2) is 79.3 Å². The largest absolute Gasteiger partial charge is 0.381 e. The molecule has 0 aliphatic rings. The number of hydrogen-bond acceptors (Lipinski definition) is 6. The van der Waals surface area contributed by atoms with Gasteiger partial charge >= 0.3 is 0 Å². The van der Waals surface area contributed by atoms with E-state index in [9.17, 15) is 0 Å². The van der Waals surface area contributed by atoms with Crippen molar-refractivity contribution < 1.29 is 28.4 Å². The van der Waals surface area contributed by atoms with Crippen molar-refractivity contribution in [3.05, 3.63) is 12.2 Å². The van der Waals surface area contributed by atoms with E-state index < -0.39 is 0 Å². The molecule has 0 aromatic carbocycles. The average molecular weight is 601 g/mol. The first-order valence-corrected chi connectivity index (χ1v) is 17.8. The van der Waals surface area contributed by atoms with Gasteiger partial charge in [-0.25, -0.2) is 0 Å². The molecule has 0 N–H and O–H groups in total. The van der Waals surface area contributed by atoms with Crippen molar-refractivity contribution in [3.8, 4) is 0 Å². The Morgan fingerprint density at radius 3 is 0.905 bits per heavy atom. The van der Waals surface area contributed by atoms with E-state index in [1.807, 2.05) is 0 Å². The summed E-state index contributed by atoms with van der Waals surface area (Å²) in [5.74, 6) is 0.480. The lowest BCUT2D eigenvalue weighted by molar-refractivity contribution is -0.0111. The third-order valence-corrected chi connectivity index (χ3v) is 7.30. The highest BCUT2D eigenvalue weighted by Gasteiger charge is 2.13. The SMILES string of the molecule is C=C(COCC(COCCCCCC)COCCCCCC)COCC(COCCCCCC)COCCCCCC. The first kappa shape index (κ1) is 41.5. The van der Waals surface area contributed by atoms with Gasteiger partial charge in [-0.3, -0.25) is 0 Å². The lowest BCUT2D eigenvalue weighted by atomic mass is 10.2. The molecular weight excluding hydrogens is 528 g/mol. The molecule has 0 spiro atoms. The number of unbranched alkanes of at least 4 members (excludes halogenated alkanes) is 12. The third-order valence-electron chi connectivity index (χ3n) is 7.30. The van der Waals surface area contributed by atoms with Crippen molar-refractivity contribution in [2.24, 2.45) is 11.8 Å². The monoisotopic (exact) mass is 601 g/mol. The zero-order valence-corrected chi connectivity index (χ0v) is 28.6. The van der Waals surface area contributed by atoms with Crippen LogP contribution >= 0.6 is 0 Å². The Morgan fingerprint density at radius 2 is 0.643 bits per heavy atom. The molecule has 0 amide bonds. The number of rotatable bonds is 36. The molecule has 6 heteroatoms. The second-order valence-corrected chi connectivity index (χ2v) is 12.1. The van der Waals surface area contributed by atoms with E-state index in [1.54, 1.807) is 0 Å². The molecule has 0 saturated carbocycles. The lowest BCUT2D eigenvalue weighted by Crippen LogP contribution is -2.24. The molecule has 0 aliphatic carbocycles. The normalized spacial score (nSPS) is 11.8. The highest BCUT2D eigenvalue weighted by atomic mass is 16.5. The van der Waals surface area contributed by atoms with Gasteiger partial charge < -0.3 is 28.4 Å². The zero-order chi connectivity index (χ0) is 30.8. The Kier molecular flexibility index (Phi) is 34.6. The van der Waals surface area contributed by atoms with Crippen LogP contribution in [-0.2, 0) is 28.4 Å². The molecule has 0 atom stereocenters. The molecule has 252 valence electrons. The number of ether oxygens (including phenoxy) is 6. The molecule has 0 radical (unpaired) electrons.